The number of aromatic hydroxyl groups is 1. The number of carbonyl (C=O) groups is 2. The molecule has 2 N–H and O–H groups in total. The molecular weight excluding hydrogens is 492 g/mol. The van der Waals surface area contributed by atoms with E-state index in [2.05, 4.69) is 5.32 Å². The van der Waals surface area contributed by atoms with E-state index < -0.39 is 5.97 Å². The third-order valence-electron chi connectivity index (χ3n) is 6.04. The Morgan fingerprint density at radius 3 is 2.15 bits per heavy atom. The van der Waals surface area contributed by atoms with Gasteiger partial charge in [-0.25, -0.2) is 4.79 Å². The second-order valence-corrected chi connectivity index (χ2v) is 8.92. The SMILES string of the molecule is CCOC(=O)c1ccc(NCc2ccccc2)cc1N(Cc1ccccc1)C(=O)COCc1ccc(O)cc1. The van der Waals surface area contributed by atoms with Crippen LogP contribution in [0.3, 0.4) is 0 Å². The monoisotopic (exact) mass is 524 g/mol. The van der Waals surface area contributed by atoms with Gasteiger partial charge in [-0.3, -0.25) is 4.79 Å². The predicted octanol–water partition coefficient (Wildman–Crippen LogP) is 5.93. The zero-order valence-electron chi connectivity index (χ0n) is 21.9. The summed E-state index contributed by atoms with van der Waals surface area (Å²) in [5.41, 5.74) is 4.33. The number of amides is 1. The molecule has 0 saturated heterocycles. The molecule has 1 amide bonds. The molecule has 0 aliphatic carbocycles. The van der Waals surface area contributed by atoms with Crippen molar-refractivity contribution in [2.75, 3.05) is 23.4 Å². The summed E-state index contributed by atoms with van der Waals surface area (Å²) in [6, 6.07) is 31.5. The van der Waals surface area contributed by atoms with Crippen molar-refractivity contribution in [1.82, 2.24) is 0 Å². The maximum Gasteiger partial charge on any atom is 0.340 e. The Morgan fingerprint density at radius 1 is 0.821 bits per heavy atom. The molecule has 0 aliphatic heterocycles. The number of anilines is 2. The number of nitrogens with zero attached hydrogens (tertiary/aromatic N) is 1. The number of esters is 1. The van der Waals surface area contributed by atoms with Gasteiger partial charge in [0.1, 0.15) is 12.4 Å². The van der Waals surface area contributed by atoms with Crippen molar-refractivity contribution in [3.8, 4) is 5.75 Å². The van der Waals surface area contributed by atoms with Crippen LogP contribution in [-0.4, -0.2) is 30.2 Å². The molecular formula is C32H32N2O5. The Hall–Kier alpha value is -4.62. The zero-order valence-corrected chi connectivity index (χ0v) is 21.9. The van der Waals surface area contributed by atoms with E-state index in [1.165, 1.54) is 0 Å². The highest BCUT2D eigenvalue weighted by atomic mass is 16.5. The molecule has 0 heterocycles. The summed E-state index contributed by atoms with van der Waals surface area (Å²) >= 11 is 0. The summed E-state index contributed by atoms with van der Waals surface area (Å²) in [4.78, 5) is 28.1. The van der Waals surface area contributed by atoms with E-state index in [9.17, 15) is 14.7 Å². The summed E-state index contributed by atoms with van der Waals surface area (Å²) in [6.45, 7) is 2.80. The van der Waals surface area contributed by atoms with Gasteiger partial charge in [-0.15, -0.1) is 0 Å². The highest BCUT2D eigenvalue weighted by Crippen LogP contribution is 2.28. The highest BCUT2D eigenvalue weighted by Gasteiger charge is 2.24. The Labute approximate surface area is 228 Å². The van der Waals surface area contributed by atoms with Gasteiger partial charge >= 0.3 is 5.97 Å². The lowest BCUT2D eigenvalue weighted by atomic mass is 10.1. The molecule has 0 saturated carbocycles. The lowest BCUT2D eigenvalue weighted by molar-refractivity contribution is -0.123. The van der Waals surface area contributed by atoms with Crippen molar-refractivity contribution in [3.63, 3.8) is 0 Å². The van der Waals surface area contributed by atoms with Gasteiger partial charge in [0.2, 0.25) is 0 Å². The Kier molecular flexibility index (Phi) is 9.69. The normalized spacial score (nSPS) is 10.6. The van der Waals surface area contributed by atoms with Crippen LogP contribution in [0.5, 0.6) is 5.75 Å². The van der Waals surface area contributed by atoms with Gasteiger partial charge in [0.05, 0.1) is 31.0 Å². The maximum absolute atomic E-state index is 13.6. The first-order valence-corrected chi connectivity index (χ1v) is 12.8. The molecule has 4 rings (SSSR count). The largest absolute Gasteiger partial charge is 0.508 e. The van der Waals surface area contributed by atoms with Crippen molar-refractivity contribution >= 4 is 23.3 Å². The minimum Gasteiger partial charge on any atom is -0.508 e. The number of benzene rings is 4. The number of rotatable bonds is 12. The maximum atomic E-state index is 13.6. The number of hydrogen-bond acceptors (Lipinski definition) is 6. The fourth-order valence-electron chi connectivity index (χ4n) is 4.05. The summed E-state index contributed by atoms with van der Waals surface area (Å²) in [5, 5.41) is 12.9. The molecule has 0 spiro atoms. The van der Waals surface area contributed by atoms with E-state index in [4.69, 9.17) is 9.47 Å². The quantitative estimate of drug-likeness (QED) is 0.223. The van der Waals surface area contributed by atoms with Gasteiger partial charge in [-0.05, 0) is 53.9 Å². The van der Waals surface area contributed by atoms with Crippen LogP contribution < -0.4 is 10.2 Å². The van der Waals surface area contributed by atoms with Crippen molar-refractivity contribution in [2.45, 2.75) is 26.6 Å². The Balaban J connectivity index is 1.61. The second-order valence-electron chi connectivity index (χ2n) is 8.92. The molecule has 0 bridgehead atoms. The first-order valence-electron chi connectivity index (χ1n) is 12.8. The molecule has 0 atom stereocenters. The molecule has 7 nitrogen and oxygen atoms in total. The van der Waals surface area contributed by atoms with Gasteiger partial charge in [0, 0.05) is 12.2 Å². The van der Waals surface area contributed by atoms with Crippen molar-refractivity contribution in [2.24, 2.45) is 0 Å². The highest BCUT2D eigenvalue weighted by molar-refractivity contribution is 6.03. The van der Waals surface area contributed by atoms with Gasteiger partial charge in [-0.1, -0.05) is 72.8 Å². The average Bonchev–Trinajstić information content (AvgIpc) is 2.97. The Morgan fingerprint density at radius 2 is 1.49 bits per heavy atom. The zero-order chi connectivity index (χ0) is 27.5. The summed E-state index contributed by atoms with van der Waals surface area (Å²) < 4.78 is 11.1. The first kappa shape index (κ1) is 27.4. The van der Waals surface area contributed by atoms with E-state index in [0.29, 0.717) is 17.8 Å². The fraction of sp³-hybridized carbons (Fsp3) is 0.188. The van der Waals surface area contributed by atoms with Crippen LogP contribution in [0.15, 0.2) is 103 Å². The van der Waals surface area contributed by atoms with Gasteiger partial charge in [0.25, 0.3) is 5.91 Å². The number of phenols is 1. The van der Waals surface area contributed by atoms with Crippen molar-refractivity contribution in [3.05, 3.63) is 125 Å². The summed E-state index contributed by atoms with van der Waals surface area (Å²) in [6.07, 6.45) is 0. The minimum absolute atomic E-state index is 0.163. The minimum atomic E-state index is -0.502. The topological polar surface area (TPSA) is 88.1 Å². The van der Waals surface area contributed by atoms with Crippen LogP contribution in [0, 0.1) is 0 Å². The smallest absolute Gasteiger partial charge is 0.340 e. The third-order valence-corrected chi connectivity index (χ3v) is 6.04. The molecule has 4 aromatic carbocycles. The number of phenolic OH excluding ortho intramolecular Hbond substituents is 1. The lowest BCUT2D eigenvalue weighted by Crippen LogP contribution is -2.35. The summed E-state index contributed by atoms with van der Waals surface area (Å²) in [7, 11) is 0. The molecule has 0 fully saturated rings. The molecule has 0 aliphatic rings. The van der Waals surface area contributed by atoms with Crippen LogP contribution in [0.4, 0.5) is 11.4 Å². The number of nitrogens with one attached hydrogen (secondary N) is 1. The molecule has 39 heavy (non-hydrogen) atoms. The van der Waals surface area contributed by atoms with Crippen LogP contribution in [0.2, 0.25) is 0 Å². The van der Waals surface area contributed by atoms with Crippen LogP contribution in [-0.2, 0) is 34.0 Å². The predicted molar refractivity (Wildman–Crippen MR) is 152 cm³/mol. The summed E-state index contributed by atoms with van der Waals surface area (Å²) in [5.74, 6) is -0.641. The van der Waals surface area contributed by atoms with E-state index >= 15 is 0 Å². The third kappa shape index (κ3) is 7.93. The van der Waals surface area contributed by atoms with Crippen LogP contribution in [0.25, 0.3) is 0 Å². The molecule has 4 aromatic rings. The Bertz CT molecular complexity index is 1360. The lowest BCUT2D eigenvalue weighted by Gasteiger charge is -2.26. The second kappa shape index (κ2) is 13.8. The van der Waals surface area contributed by atoms with E-state index in [1.807, 2.05) is 66.7 Å². The van der Waals surface area contributed by atoms with E-state index in [1.54, 1.807) is 48.2 Å². The average molecular weight is 525 g/mol. The number of hydrogen-bond donors (Lipinski definition) is 2. The van der Waals surface area contributed by atoms with Gasteiger partial charge in [-0.2, -0.15) is 0 Å². The molecule has 0 aromatic heterocycles. The van der Waals surface area contributed by atoms with Crippen molar-refractivity contribution in [1.29, 1.82) is 0 Å². The number of ether oxygens (including phenoxy) is 2. The molecule has 200 valence electrons. The first-order chi connectivity index (χ1) is 19.0. The van der Waals surface area contributed by atoms with E-state index in [0.717, 1.165) is 22.4 Å². The molecule has 7 heteroatoms. The van der Waals surface area contributed by atoms with Crippen LogP contribution in [0.1, 0.15) is 34.0 Å². The van der Waals surface area contributed by atoms with Crippen LogP contribution >= 0.6 is 0 Å². The standard InChI is InChI=1S/C32H32N2O5/c1-2-39-32(37)29-18-15-27(33-20-24-9-5-3-6-10-24)19-30(29)34(21-25-11-7-4-8-12-25)31(36)23-38-22-26-13-16-28(35)17-14-26/h3-19,33,35H,2,20-23H2,1H3. The molecule has 0 radical (unpaired) electrons. The van der Waals surface area contributed by atoms with E-state index in [-0.39, 0.29) is 38.0 Å². The van der Waals surface area contributed by atoms with Gasteiger partial charge in [0.15, 0.2) is 0 Å². The number of carbonyl (C=O) groups excluding carboxylic acids is 2. The van der Waals surface area contributed by atoms with Gasteiger partial charge < -0.3 is 24.8 Å². The van der Waals surface area contributed by atoms with Crippen molar-refractivity contribution < 1.29 is 24.2 Å². The molecule has 0 unspecified atom stereocenters. The fourth-order valence-corrected chi connectivity index (χ4v) is 4.05.